The van der Waals surface area contributed by atoms with Crippen LogP contribution in [-0.2, 0) is 6.54 Å². The van der Waals surface area contributed by atoms with Crippen LogP contribution in [0.15, 0.2) is 53.1 Å². The van der Waals surface area contributed by atoms with Crippen molar-refractivity contribution in [2.75, 3.05) is 26.7 Å². The van der Waals surface area contributed by atoms with E-state index in [9.17, 15) is 4.39 Å². The first kappa shape index (κ1) is 21.5. The normalized spacial score (nSPS) is 15.9. The van der Waals surface area contributed by atoms with Gasteiger partial charge in [0.15, 0.2) is 5.96 Å². The predicted octanol–water partition coefficient (Wildman–Crippen LogP) is 3.88. The first-order chi connectivity index (χ1) is 15.2. The summed E-state index contributed by atoms with van der Waals surface area (Å²) in [6, 6.07) is 9.94. The maximum absolute atomic E-state index is 14.7. The number of hydrogen-bond acceptors (Lipinski definition) is 4. The molecule has 2 N–H and O–H groups in total. The lowest BCUT2D eigenvalue weighted by molar-refractivity contribution is 0.249. The van der Waals surface area contributed by atoms with Gasteiger partial charge in [-0.1, -0.05) is 12.1 Å². The number of rotatable bonds is 7. The van der Waals surface area contributed by atoms with Gasteiger partial charge < -0.3 is 15.2 Å². The predicted molar refractivity (Wildman–Crippen MR) is 124 cm³/mol. The second-order valence-corrected chi connectivity index (χ2v) is 8.69. The molecule has 8 heteroatoms. The number of aryl methyl sites for hydroxylation is 1. The van der Waals surface area contributed by atoms with Gasteiger partial charge in [0.2, 0.25) is 0 Å². The molecule has 2 aromatic heterocycles. The van der Waals surface area contributed by atoms with Gasteiger partial charge in [0.05, 0.1) is 11.7 Å². The Morgan fingerprint density at radius 2 is 2.10 bits per heavy atom. The SMILES string of the molecule is CN=C(NCc1ccc(-n2ccnc2C)c(F)c1)NCC(c1cccs1)N1CCCC1. The van der Waals surface area contributed by atoms with Crippen LogP contribution in [0.25, 0.3) is 5.69 Å². The number of thiophene rings is 1. The third-order valence-electron chi connectivity index (χ3n) is 5.70. The van der Waals surface area contributed by atoms with Crippen molar-refractivity contribution >= 4 is 17.3 Å². The molecule has 1 fully saturated rings. The summed E-state index contributed by atoms with van der Waals surface area (Å²) in [5.74, 6) is 1.21. The Labute approximate surface area is 186 Å². The number of hydrogen-bond donors (Lipinski definition) is 2. The average Bonchev–Trinajstić information content (AvgIpc) is 3.54. The fourth-order valence-electron chi connectivity index (χ4n) is 4.03. The molecule has 3 aromatic rings. The molecule has 0 spiro atoms. The van der Waals surface area contributed by atoms with Gasteiger partial charge in [0, 0.05) is 37.4 Å². The Balaban J connectivity index is 1.36. The summed E-state index contributed by atoms with van der Waals surface area (Å²) in [5.41, 5.74) is 1.36. The van der Waals surface area contributed by atoms with Crippen LogP contribution >= 0.6 is 11.3 Å². The fraction of sp³-hybridized carbons (Fsp3) is 0.391. The molecular formula is C23H29FN6S. The summed E-state index contributed by atoms with van der Waals surface area (Å²) in [7, 11) is 1.76. The summed E-state index contributed by atoms with van der Waals surface area (Å²) < 4.78 is 16.4. The van der Waals surface area contributed by atoms with Gasteiger partial charge in [-0.05, 0) is 62.0 Å². The molecule has 0 aliphatic carbocycles. The molecule has 1 aliphatic heterocycles. The summed E-state index contributed by atoms with van der Waals surface area (Å²) in [5, 5.41) is 8.90. The van der Waals surface area contributed by atoms with Gasteiger partial charge in [-0.25, -0.2) is 9.37 Å². The molecule has 0 amide bonds. The number of halogens is 1. The summed E-state index contributed by atoms with van der Waals surface area (Å²) >= 11 is 1.80. The second kappa shape index (κ2) is 10.1. The zero-order chi connectivity index (χ0) is 21.6. The summed E-state index contributed by atoms with van der Waals surface area (Å²) in [6.07, 6.45) is 5.96. The standard InChI is InChI=1S/C23H29FN6S/c1-17-26-9-12-30(17)20-8-7-18(14-19(20)24)15-27-23(25-2)28-16-21(22-6-5-13-31-22)29-10-3-4-11-29/h5-9,12-14,21H,3-4,10-11,15-16H2,1-2H3,(H2,25,27,28). The van der Waals surface area contributed by atoms with Crippen molar-refractivity contribution in [3.8, 4) is 5.69 Å². The molecule has 1 unspecified atom stereocenters. The lowest BCUT2D eigenvalue weighted by Gasteiger charge is -2.27. The quantitative estimate of drug-likeness (QED) is 0.432. The van der Waals surface area contributed by atoms with Crippen LogP contribution in [0.2, 0.25) is 0 Å². The van der Waals surface area contributed by atoms with Gasteiger partial charge in [-0.15, -0.1) is 11.3 Å². The zero-order valence-corrected chi connectivity index (χ0v) is 18.8. The van der Waals surface area contributed by atoms with E-state index >= 15 is 0 Å². The van der Waals surface area contributed by atoms with Crippen molar-refractivity contribution < 1.29 is 4.39 Å². The van der Waals surface area contributed by atoms with Crippen molar-refractivity contribution in [3.05, 3.63) is 70.2 Å². The molecule has 3 heterocycles. The van der Waals surface area contributed by atoms with Gasteiger partial charge in [-0.3, -0.25) is 9.89 Å². The summed E-state index contributed by atoms with van der Waals surface area (Å²) in [4.78, 5) is 12.4. The smallest absolute Gasteiger partial charge is 0.191 e. The zero-order valence-electron chi connectivity index (χ0n) is 18.0. The second-order valence-electron chi connectivity index (χ2n) is 7.71. The van der Waals surface area contributed by atoms with E-state index in [1.54, 1.807) is 47.5 Å². The van der Waals surface area contributed by atoms with E-state index in [2.05, 4.69) is 43.0 Å². The molecular weight excluding hydrogens is 411 g/mol. The van der Waals surface area contributed by atoms with E-state index in [0.717, 1.165) is 37.0 Å². The van der Waals surface area contributed by atoms with Gasteiger partial charge in [-0.2, -0.15) is 0 Å². The number of aliphatic imine (C=N–C) groups is 1. The highest BCUT2D eigenvalue weighted by Crippen LogP contribution is 2.27. The van der Waals surface area contributed by atoms with Crippen molar-refractivity contribution in [1.82, 2.24) is 25.1 Å². The van der Waals surface area contributed by atoms with Crippen LogP contribution in [0.4, 0.5) is 4.39 Å². The monoisotopic (exact) mass is 440 g/mol. The number of aromatic nitrogens is 2. The molecule has 0 saturated carbocycles. The Kier molecular flexibility index (Phi) is 6.99. The molecule has 164 valence electrons. The van der Waals surface area contributed by atoms with Gasteiger partial charge in [0.25, 0.3) is 0 Å². The lowest BCUT2D eigenvalue weighted by Crippen LogP contribution is -2.42. The minimum absolute atomic E-state index is 0.268. The molecule has 31 heavy (non-hydrogen) atoms. The topological polar surface area (TPSA) is 57.5 Å². The third-order valence-corrected chi connectivity index (χ3v) is 6.67. The van der Waals surface area contributed by atoms with Crippen LogP contribution in [0, 0.1) is 12.7 Å². The van der Waals surface area contributed by atoms with Crippen molar-refractivity contribution in [1.29, 1.82) is 0 Å². The first-order valence-electron chi connectivity index (χ1n) is 10.7. The maximum Gasteiger partial charge on any atom is 0.191 e. The van der Waals surface area contributed by atoms with Crippen LogP contribution in [0.3, 0.4) is 0 Å². The van der Waals surface area contributed by atoms with E-state index in [-0.39, 0.29) is 5.82 Å². The van der Waals surface area contributed by atoms with E-state index in [1.807, 2.05) is 13.0 Å². The van der Waals surface area contributed by atoms with E-state index in [4.69, 9.17) is 0 Å². The minimum atomic E-state index is -0.268. The Hall–Kier alpha value is -2.71. The third kappa shape index (κ3) is 5.14. The molecule has 1 saturated heterocycles. The molecule has 6 nitrogen and oxygen atoms in total. The average molecular weight is 441 g/mol. The van der Waals surface area contributed by atoms with Crippen molar-refractivity contribution in [2.45, 2.75) is 32.4 Å². The van der Waals surface area contributed by atoms with Gasteiger partial charge >= 0.3 is 0 Å². The number of benzene rings is 1. The number of likely N-dealkylation sites (tertiary alicyclic amines) is 1. The largest absolute Gasteiger partial charge is 0.354 e. The number of nitrogens with one attached hydrogen (secondary N) is 2. The Morgan fingerprint density at radius 3 is 2.74 bits per heavy atom. The van der Waals surface area contributed by atoms with E-state index in [1.165, 1.54) is 17.7 Å². The number of nitrogens with zero attached hydrogens (tertiary/aromatic N) is 4. The lowest BCUT2D eigenvalue weighted by atomic mass is 10.2. The van der Waals surface area contributed by atoms with Crippen LogP contribution < -0.4 is 10.6 Å². The van der Waals surface area contributed by atoms with Crippen LogP contribution in [-0.4, -0.2) is 47.1 Å². The molecule has 1 atom stereocenters. The summed E-state index contributed by atoms with van der Waals surface area (Å²) in [6.45, 7) is 5.41. The van der Waals surface area contributed by atoms with Crippen molar-refractivity contribution in [3.63, 3.8) is 0 Å². The van der Waals surface area contributed by atoms with Crippen molar-refractivity contribution in [2.24, 2.45) is 4.99 Å². The van der Waals surface area contributed by atoms with Crippen LogP contribution in [0.1, 0.15) is 35.1 Å². The fourth-order valence-corrected chi connectivity index (χ4v) is 4.89. The minimum Gasteiger partial charge on any atom is -0.354 e. The highest BCUT2D eigenvalue weighted by atomic mass is 32.1. The molecule has 0 radical (unpaired) electrons. The Bertz CT molecular complexity index is 1010. The van der Waals surface area contributed by atoms with E-state index < -0.39 is 0 Å². The first-order valence-corrected chi connectivity index (χ1v) is 11.5. The molecule has 0 bridgehead atoms. The number of imidazole rings is 1. The maximum atomic E-state index is 14.7. The van der Waals surface area contributed by atoms with E-state index in [0.29, 0.717) is 18.3 Å². The van der Waals surface area contributed by atoms with Gasteiger partial charge in [0.1, 0.15) is 11.6 Å². The number of guanidine groups is 1. The highest BCUT2D eigenvalue weighted by molar-refractivity contribution is 7.10. The van der Waals surface area contributed by atoms with Crippen LogP contribution in [0.5, 0.6) is 0 Å². The molecule has 1 aromatic carbocycles. The highest BCUT2D eigenvalue weighted by Gasteiger charge is 2.24. The molecule has 1 aliphatic rings. The molecule has 4 rings (SSSR count). The Morgan fingerprint density at radius 1 is 1.26 bits per heavy atom.